The van der Waals surface area contributed by atoms with Gasteiger partial charge in [0.1, 0.15) is 18.0 Å². The van der Waals surface area contributed by atoms with Crippen molar-refractivity contribution in [3.63, 3.8) is 0 Å². The largest absolute Gasteiger partial charge is 0.393 e. The molecule has 3 N–H and O–H groups in total. The first-order valence-electron chi connectivity index (χ1n) is 12.1. The Hall–Kier alpha value is -1.19. The Morgan fingerprint density at radius 3 is 2.36 bits per heavy atom. The number of carbonyl (C=O) groups excluding carboxylic acids is 3. The van der Waals surface area contributed by atoms with Crippen molar-refractivity contribution in [2.45, 2.75) is 83.2 Å². The minimum Gasteiger partial charge on any atom is -0.393 e. The van der Waals surface area contributed by atoms with Gasteiger partial charge in [-0.3, -0.25) is 14.4 Å². The first kappa shape index (κ1) is 26.4. The highest BCUT2D eigenvalue weighted by atomic mass is 16.7. The maximum Gasteiger partial charge on any atom is 0.214 e. The van der Waals surface area contributed by atoms with Crippen LogP contribution in [-0.4, -0.2) is 72.0 Å². The second-order valence-corrected chi connectivity index (χ2v) is 11.0. The van der Waals surface area contributed by atoms with Crippen LogP contribution >= 0.6 is 0 Å². The zero-order valence-corrected chi connectivity index (χ0v) is 20.3. The molecule has 0 saturated heterocycles. The molecular weight excluding hydrogens is 428 g/mol. The van der Waals surface area contributed by atoms with Crippen molar-refractivity contribution in [2.24, 2.45) is 34.5 Å². The fourth-order valence-electron chi connectivity index (χ4n) is 7.85. The molecule has 8 nitrogen and oxygen atoms in total. The maximum absolute atomic E-state index is 13.4. The quantitative estimate of drug-likeness (QED) is 0.410. The number of aliphatic hydroxyl groups is 3. The van der Waals surface area contributed by atoms with Crippen LogP contribution in [0.25, 0.3) is 0 Å². The van der Waals surface area contributed by atoms with E-state index >= 15 is 0 Å². The van der Waals surface area contributed by atoms with E-state index in [0.717, 1.165) is 38.5 Å². The molecular formula is C25H40O8. The molecule has 0 spiro atoms. The van der Waals surface area contributed by atoms with Crippen molar-refractivity contribution in [2.75, 3.05) is 20.8 Å². The minimum absolute atomic E-state index is 0.0154. The van der Waals surface area contributed by atoms with Crippen molar-refractivity contribution < 1.29 is 39.2 Å². The van der Waals surface area contributed by atoms with Crippen LogP contribution in [0, 0.1) is 34.5 Å². The minimum atomic E-state index is -1.58. The van der Waals surface area contributed by atoms with Gasteiger partial charge in [0, 0.05) is 32.0 Å². The van der Waals surface area contributed by atoms with Crippen LogP contribution in [0.3, 0.4) is 0 Å². The van der Waals surface area contributed by atoms with Gasteiger partial charge in [-0.2, -0.15) is 0 Å². The summed E-state index contributed by atoms with van der Waals surface area (Å²) < 4.78 is 8.92. The highest BCUT2D eigenvalue weighted by Crippen LogP contribution is 2.67. The Labute approximate surface area is 196 Å². The second kappa shape index (κ2) is 9.82. The first-order chi connectivity index (χ1) is 15.5. The summed E-state index contributed by atoms with van der Waals surface area (Å²) in [5.41, 5.74) is -2.40. The predicted octanol–water partition coefficient (Wildman–Crippen LogP) is 1.67. The zero-order valence-electron chi connectivity index (χ0n) is 20.3. The monoisotopic (exact) mass is 468 g/mol. The van der Waals surface area contributed by atoms with E-state index in [1.54, 1.807) is 0 Å². The first-order valence-corrected chi connectivity index (χ1v) is 12.1. The van der Waals surface area contributed by atoms with Crippen molar-refractivity contribution in [1.82, 2.24) is 0 Å². The SMILES string of the molecule is COC(C=O)OC.C[C@]12CC[C@@H](O)C[C@H]1CC[C@@H]1[C@@H]2C(=O)C[C@@]2(C)[C@H]1CC[C@]2(O)C(=O)CO. The van der Waals surface area contributed by atoms with Crippen molar-refractivity contribution >= 4 is 17.9 Å². The van der Waals surface area contributed by atoms with Crippen LogP contribution in [0.4, 0.5) is 0 Å². The Balaban J connectivity index is 0.000000383. The molecule has 0 aromatic rings. The number of rotatable bonds is 5. The van der Waals surface area contributed by atoms with Gasteiger partial charge in [-0.1, -0.05) is 13.8 Å². The number of ketones is 2. The fourth-order valence-corrected chi connectivity index (χ4v) is 7.85. The molecule has 0 aromatic carbocycles. The summed E-state index contributed by atoms with van der Waals surface area (Å²) in [5.74, 6) is 0.380. The molecule has 33 heavy (non-hydrogen) atoms. The second-order valence-electron chi connectivity index (χ2n) is 11.0. The molecule has 0 aromatic heterocycles. The molecule has 0 unspecified atom stereocenters. The summed E-state index contributed by atoms with van der Waals surface area (Å²) in [6.07, 6.45) is 5.36. The van der Waals surface area contributed by atoms with E-state index in [1.165, 1.54) is 14.2 Å². The van der Waals surface area contributed by atoms with Gasteiger partial charge in [-0.25, -0.2) is 0 Å². The maximum atomic E-state index is 13.4. The van der Waals surface area contributed by atoms with Gasteiger partial charge in [0.2, 0.25) is 6.29 Å². The van der Waals surface area contributed by atoms with Crippen molar-refractivity contribution in [1.29, 1.82) is 0 Å². The number of hydrogen-bond acceptors (Lipinski definition) is 8. The van der Waals surface area contributed by atoms with E-state index in [-0.39, 0.29) is 41.5 Å². The number of fused-ring (bicyclic) bond motifs is 5. The third-order valence-corrected chi connectivity index (χ3v) is 9.66. The Morgan fingerprint density at radius 1 is 1.15 bits per heavy atom. The third-order valence-electron chi connectivity index (χ3n) is 9.66. The van der Waals surface area contributed by atoms with Gasteiger partial charge < -0.3 is 24.8 Å². The van der Waals surface area contributed by atoms with Crippen LogP contribution in [0.1, 0.15) is 65.2 Å². The molecule has 8 atom stereocenters. The Kier molecular flexibility index (Phi) is 7.86. The topological polar surface area (TPSA) is 130 Å². The predicted molar refractivity (Wildman–Crippen MR) is 119 cm³/mol. The molecule has 0 heterocycles. The van der Waals surface area contributed by atoms with Gasteiger partial charge >= 0.3 is 0 Å². The molecule has 0 amide bonds. The summed E-state index contributed by atoms with van der Waals surface area (Å²) in [4.78, 5) is 35.4. The normalized spacial score (nSPS) is 44.2. The number of ether oxygens (including phenoxy) is 2. The number of aldehydes is 1. The highest BCUT2D eigenvalue weighted by molar-refractivity contribution is 5.92. The lowest BCUT2D eigenvalue weighted by molar-refractivity contribution is -0.180. The van der Waals surface area contributed by atoms with E-state index in [1.807, 2.05) is 6.92 Å². The van der Waals surface area contributed by atoms with Gasteiger partial charge in [0.15, 0.2) is 12.1 Å². The Bertz CT molecular complexity index is 751. The molecule has 4 aliphatic carbocycles. The van der Waals surface area contributed by atoms with Gasteiger partial charge in [0.05, 0.1) is 6.10 Å². The number of aliphatic hydroxyl groups excluding tert-OH is 2. The average molecular weight is 469 g/mol. The number of methoxy groups -OCH3 is 2. The van der Waals surface area contributed by atoms with Crippen molar-refractivity contribution in [3.05, 3.63) is 0 Å². The van der Waals surface area contributed by atoms with Crippen LogP contribution in [0.2, 0.25) is 0 Å². The van der Waals surface area contributed by atoms with E-state index in [0.29, 0.717) is 18.6 Å². The zero-order chi connectivity index (χ0) is 24.6. The van der Waals surface area contributed by atoms with Gasteiger partial charge in [-0.15, -0.1) is 0 Å². The Morgan fingerprint density at radius 2 is 1.82 bits per heavy atom. The standard InChI is InChI=1S/C21H32O5.C4H8O3/c1-19-7-5-13(23)9-12(19)3-4-14-15-6-8-21(26,17(25)11-22)20(15,2)10-16(24)18(14)19;1-6-4(3-5)7-2/h12-15,18,22-23,26H,3-11H2,1-2H3;3-4H,1-2H3/t12-,13-,14+,15+,18-,19+,20+,21+;/m1./s1. The molecule has 0 bridgehead atoms. The molecule has 0 aliphatic heterocycles. The summed E-state index contributed by atoms with van der Waals surface area (Å²) in [7, 11) is 2.81. The average Bonchev–Trinajstić information content (AvgIpc) is 3.06. The lowest BCUT2D eigenvalue weighted by Gasteiger charge is -2.60. The fraction of sp³-hybridized carbons (Fsp3) is 0.880. The number of hydrogen-bond donors (Lipinski definition) is 3. The molecule has 188 valence electrons. The third kappa shape index (κ3) is 4.22. The highest BCUT2D eigenvalue weighted by Gasteiger charge is 2.68. The molecule has 0 radical (unpaired) electrons. The van der Waals surface area contributed by atoms with Crippen LogP contribution in [0.5, 0.6) is 0 Å². The molecule has 8 heteroatoms. The van der Waals surface area contributed by atoms with E-state index in [4.69, 9.17) is 0 Å². The summed E-state index contributed by atoms with van der Waals surface area (Å²) in [6, 6.07) is 0. The van der Waals surface area contributed by atoms with Gasteiger partial charge in [0.25, 0.3) is 0 Å². The molecule has 4 aliphatic rings. The van der Waals surface area contributed by atoms with Crippen LogP contribution in [-0.2, 0) is 23.9 Å². The smallest absolute Gasteiger partial charge is 0.214 e. The van der Waals surface area contributed by atoms with E-state index in [2.05, 4.69) is 16.4 Å². The summed E-state index contributed by atoms with van der Waals surface area (Å²) in [6.45, 7) is 3.46. The lowest BCUT2D eigenvalue weighted by atomic mass is 9.44. The van der Waals surface area contributed by atoms with E-state index in [9.17, 15) is 29.7 Å². The van der Waals surface area contributed by atoms with Crippen molar-refractivity contribution in [3.8, 4) is 0 Å². The van der Waals surface area contributed by atoms with E-state index < -0.39 is 29.7 Å². The van der Waals surface area contributed by atoms with Crippen LogP contribution in [0.15, 0.2) is 0 Å². The molecule has 4 rings (SSSR count). The lowest BCUT2D eigenvalue weighted by Crippen LogP contribution is -2.62. The molecule has 4 fully saturated rings. The number of carbonyl (C=O) groups is 3. The molecule has 4 saturated carbocycles. The summed E-state index contributed by atoms with van der Waals surface area (Å²) in [5, 5.41) is 30.6. The van der Waals surface area contributed by atoms with Gasteiger partial charge in [-0.05, 0) is 68.1 Å². The number of Topliss-reactive ketones (excluding diaryl/α,β-unsaturated/α-hetero) is 2. The summed E-state index contributed by atoms with van der Waals surface area (Å²) >= 11 is 0. The van der Waals surface area contributed by atoms with Crippen LogP contribution < -0.4 is 0 Å².